The highest BCUT2D eigenvalue weighted by molar-refractivity contribution is 6.00. The molecule has 2 heterocycles. The first kappa shape index (κ1) is 22.9. The summed E-state index contributed by atoms with van der Waals surface area (Å²) in [5.74, 6) is -0.351. The summed E-state index contributed by atoms with van der Waals surface area (Å²) >= 11 is 0. The van der Waals surface area contributed by atoms with Crippen molar-refractivity contribution in [3.63, 3.8) is 0 Å². The highest BCUT2D eigenvalue weighted by Crippen LogP contribution is 2.27. The Morgan fingerprint density at radius 1 is 1.12 bits per heavy atom. The van der Waals surface area contributed by atoms with Crippen molar-refractivity contribution in [2.24, 2.45) is 5.73 Å². The van der Waals surface area contributed by atoms with Gasteiger partial charge in [0.25, 0.3) is 0 Å². The van der Waals surface area contributed by atoms with Crippen LogP contribution in [0.5, 0.6) is 0 Å². The number of nitrogens with zero attached hydrogens (tertiary/aromatic N) is 3. The predicted octanol–water partition coefficient (Wildman–Crippen LogP) is 3.45. The zero-order valence-corrected chi connectivity index (χ0v) is 19.2. The van der Waals surface area contributed by atoms with Gasteiger partial charge in [-0.05, 0) is 55.5 Å². The van der Waals surface area contributed by atoms with Crippen molar-refractivity contribution >= 4 is 11.7 Å². The molecule has 1 amide bonds. The normalized spacial score (nSPS) is 13.8. The van der Waals surface area contributed by atoms with E-state index in [9.17, 15) is 9.59 Å². The van der Waals surface area contributed by atoms with Gasteiger partial charge in [-0.3, -0.25) is 14.5 Å². The van der Waals surface area contributed by atoms with Crippen molar-refractivity contribution in [2.75, 3.05) is 20.3 Å². The van der Waals surface area contributed by atoms with Crippen LogP contribution >= 0.6 is 0 Å². The van der Waals surface area contributed by atoms with Crippen LogP contribution in [0.2, 0.25) is 0 Å². The maximum Gasteiger partial charge on any atom is 0.248 e. The zero-order chi connectivity index (χ0) is 23.4. The molecular formula is C26H30N4O3. The minimum atomic E-state index is -0.439. The monoisotopic (exact) mass is 446 g/mol. The Morgan fingerprint density at radius 3 is 2.64 bits per heavy atom. The maximum absolute atomic E-state index is 13.0. The first-order valence-electron chi connectivity index (χ1n) is 11.3. The molecule has 0 unspecified atom stereocenters. The molecule has 4 rings (SSSR count). The molecule has 0 radical (unpaired) electrons. The third-order valence-electron chi connectivity index (χ3n) is 6.07. The lowest BCUT2D eigenvalue weighted by atomic mass is 10.00. The Morgan fingerprint density at radius 2 is 1.91 bits per heavy atom. The van der Waals surface area contributed by atoms with E-state index in [0.717, 1.165) is 41.9 Å². The first-order valence-corrected chi connectivity index (χ1v) is 11.3. The van der Waals surface area contributed by atoms with Gasteiger partial charge in [-0.2, -0.15) is 5.10 Å². The van der Waals surface area contributed by atoms with Gasteiger partial charge in [0.2, 0.25) is 5.91 Å². The lowest BCUT2D eigenvalue weighted by Crippen LogP contribution is -2.35. The molecule has 3 aromatic rings. The third-order valence-corrected chi connectivity index (χ3v) is 6.07. The predicted molar refractivity (Wildman–Crippen MR) is 127 cm³/mol. The number of nitrogens with two attached hydrogens (primary N) is 1. The fraction of sp³-hybridized carbons (Fsp3) is 0.346. The van der Waals surface area contributed by atoms with E-state index < -0.39 is 5.91 Å². The number of fused-ring (bicyclic) bond motifs is 1. The number of aromatic nitrogens is 2. The lowest BCUT2D eigenvalue weighted by molar-refractivity contribution is 0.0891. The number of hydrogen-bond acceptors (Lipinski definition) is 5. The largest absolute Gasteiger partial charge is 0.385 e. The number of methoxy groups -OCH3 is 1. The van der Waals surface area contributed by atoms with Crippen molar-refractivity contribution in [3.8, 4) is 5.69 Å². The van der Waals surface area contributed by atoms with Crippen molar-refractivity contribution in [2.45, 2.75) is 39.3 Å². The molecule has 172 valence electrons. The van der Waals surface area contributed by atoms with Crippen molar-refractivity contribution in [1.82, 2.24) is 14.7 Å². The number of primary amides is 1. The molecule has 0 aliphatic carbocycles. The molecule has 1 aliphatic rings. The topological polar surface area (TPSA) is 90.4 Å². The van der Waals surface area contributed by atoms with Crippen LogP contribution in [0.25, 0.3) is 5.69 Å². The van der Waals surface area contributed by atoms with Gasteiger partial charge >= 0.3 is 0 Å². The number of hydrogen-bond donors (Lipinski definition) is 1. The van der Waals surface area contributed by atoms with Crippen LogP contribution in [0, 0.1) is 6.92 Å². The van der Waals surface area contributed by atoms with Gasteiger partial charge in [0.15, 0.2) is 5.78 Å². The molecule has 7 heteroatoms. The Balaban J connectivity index is 1.66. The van der Waals surface area contributed by atoms with Gasteiger partial charge in [0.1, 0.15) is 0 Å². The second-order valence-electron chi connectivity index (χ2n) is 8.53. The van der Waals surface area contributed by atoms with Gasteiger partial charge in [0.05, 0.1) is 29.2 Å². The van der Waals surface area contributed by atoms with Gasteiger partial charge in [-0.25, -0.2) is 4.68 Å². The molecule has 2 aromatic carbocycles. The molecule has 1 aliphatic heterocycles. The van der Waals surface area contributed by atoms with Gasteiger partial charge < -0.3 is 10.5 Å². The minimum Gasteiger partial charge on any atom is -0.385 e. The summed E-state index contributed by atoms with van der Waals surface area (Å²) in [6.45, 7) is 4.25. The number of benzene rings is 2. The molecular weight excluding hydrogens is 416 g/mol. The molecule has 0 saturated heterocycles. The van der Waals surface area contributed by atoms with Crippen LogP contribution in [0.4, 0.5) is 0 Å². The summed E-state index contributed by atoms with van der Waals surface area (Å²) < 4.78 is 6.99. The van der Waals surface area contributed by atoms with E-state index in [-0.39, 0.29) is 5.78 Å². The average Bonchev–Trinajstić information content (AvgIpc) is 3.14. The van der Waals surface area contributed by atoms with Crippen LogP contribution in [0.15, 0.2) is 48.5 Å². The van der Waals surface area contributed by atoms with Crippen LogP contribution in [-0.2, 0) is 24.2 Å². The number of unbranched alkanes of at least 4 members (excludes halogenated alkanes) is 1. The number of ether oxygens (including phenoxy) is 1. The zero-order valence-electron chi connectivity index (χ0n) is 19.2. The summed E-state index contributed by atoms with van der Waals surface area (Å²) in [4.78, 5) is 27.1. The highest BCUT2D eigenvalue weighted by atomic mass is 16.5. The molecule has 0 spiro atoms. The quantitative estimate of drug-likeness (QED) is 0.509. The minimum absolute atomic E-state index is 0.0875. The Bertz CT molecular complexity index is 1150. The number of ketones is 1. The molecule has 0 bridgehead atoms. The third kappa shape index (κ3) is 5.05. The summed E-state index contributed by atoms with van der Waals surface area (Å²) in [5, 5.41) is 4.71. The first-order chi connectivity index (χ1) is 16.0. The smallest absolute Gasteiger partial charge is 0.248 e. The van der Waals surface area contributed by atoms with Gasteiger partial charge in [-0.1, -0.05) is 30.3 Å². The molecule has 7 nitrogen and oxygen atoms in total. The number of aryl methyl sites for hydroxylation is 2. The summed E-state index contributed by atoms with van der Waals surface area (Å²) in [6, 6.07) is 15.7. The van der Waals surface area contributed by atoms with E-state index in [1.807, 2.05) is 41.9 Å². The Hall–Kier alpha value is -3.29. The second kappa shape index (κ2) is 10.1. The van der Waals surface area contributed by atoms with Gasteiger partial charge in [0, 0.05) is 32.4 Å². The molecule has 2 N–H and O–H groups in total. The molecule has 0 fully saturated rings. The van der Waals surface area contributed by atoms with Crippen LogP contribution in [-0.4, -0.2) is 46.6 Å². The van der Waals surface area contributed by atoms with E-state index in [1.165, 1.54) is 5.56 Å². The van der Waals surface area contributed by atoms with Crippen molar-refractivity contribution in [3.05, 3.63) is 82.2 Å². The number of carbonyl (C=O) groups excluding carboxylic acids is 2. The van der Waals surface area contributed by atoms with E-state index in [1.54, 1.807) is 13.2 Å². The number of carbonyl (C=O) groups is 2. The van der Waals surface area contributed by atoms with E-state index >= 15 is 0 Å². The fourth-order valence-electron chi connectivity index (χ4n) is 4.52. The fourth-order valence-corrected chi connectivity index (χ4v) is 4.52. The second-order valence-corrected chi connectivity index (χ2v) is 8.53. The van der Waals surface area contributed by atoms with E-state index in [0.29, 0.717) is 37.4 Å². The average molecular weight is 447 g/mol. The number of Topliss-reactive ketones (excluding diaryl/α,β-unsaturated/α-hetero) is 1. The summed E-state index contributed by atoms with van der Waals surface area (Å²) in [6.07, 6.45) is 2.51. The van der Waals surface area contributed by atoms with Crippen molar-refractivity contribution < 1.29 is 14.3 Å². The number of amides is 1. The summed E-state index contributed by atoms with van der Waals surface area (Å²) in [7, 11) is 1.68. The number of rotatable bonds is 9. The van der Waals surface area contributed by atoms with E-state index in [4.69, 9.17) is 15.6 Å². The lowest BCUT2D eigenvalue weighted by Gasteiger charge is -2.27. The van der Waals surface area contributed by atoms with Crippen LogP contribution < -0.4 is 5.73 Å². The van der Waals surface area contributed by atoms with Crippen LogP contribution in [0.1, 0.15) is 56.1 Å². The SMILES string of the molecule is COCCCCc1cc(-n2nc(C)c3c2CN(Cc2ccccc2)CC3=O)ccc1C(N)=O. The molecule has 1 aromatic heterocycles. The molecule has 0 saturated carbocycles. The standard InChI is InChI=1S/C26H30N4O3/c1-18-25-23(16-29(17-24(25)31)15-19-8-4-3-5-9-19)30(28-18)21-11-12-22(26(27)32)20(14-21)10-6-7-13-33-2/h3-5,8-9,11-12,14H,6-7,10,13,15-17H2,1-2H3,(H2,27,32). The summed E-state index contributed by atoms with van der Waals surface area (Å²) in [5.41, 5.74) is 11.4. The maximum atomic E-state index is 13.0. The van der Waals surface area contributed by atoms with Crippen LogP contribution in [0.3, 0.4) is 0 Å². The van der Waals surface area contributed by atoms with Crippen molar-refractivity contribution in [1.29, 1.82) is 0 Å². The highest BCUT2D eigenvalue weighted by Gasteiger charge is 2.30. The Labute approximate surface area is 194 Å². The molecule has 0 atom stereocenters. The van der Waals surface area contributed by atoms with Gasteiger partial charge in [-0.15, -0.1) is 0 Å². The Kier molecular flexibility index (Phi) is 7.01. The molecule has 33 heavy (non-hydrogen) atoms. The van der Waals surface area contributed by atoms with E-state index in [2.05, 4.69) is 17.0 Å².